The van der Waals surface area contributed by atoms with Gasteiger partial charge in [0, 0.05) is 19.5 Å². The Morgan fingerprint density at radius 2 is 1.19 bits per heavy atom. The molecule has 1 atom stereocenters. The van der Waals surface area contributed by atoms with Gasteiger partial charge in [-0.15, -0.1) is 0 Å². The Balaban J connectivity index is 1.66. The number of benzene rings is 3. The van der Waals surface area contributed by atoms with E-state index in [2.05, 4.69) is 0 Å². The molecule has 0 bridgehead atoms. The Kier molecular flexibility index (Phi) is 6.78. The summed E-state index contributed by atoms with van der Waals surface area (Å²) in [7, 11) is 0. The van der Waals surface area contributed by atoms with Crippen LogP contribution in [0.25, 0.3) is 0 Å². The fourth-order valence-corrected chi connectivity index (χ4v) is 3.10. The number of carbonyl (C=O) groups is 1. The monoisotopic (exact) mass is 359 g/mol. The fourth-order valence-electron chi connectivity index (χ4n) is 3.10. The molecule has 1 amide bonds. The molecule has 0 aliphatic rings. The van der Waals surface area contributed by atoms with Crippen molar-refractivity contribution in [2.24, 2.45) is 0 Å². The molecule has 0 radical (unpaired) electrons. The Bertz CT molecular complexity index is 777. The summed E-state index contributed by atoms with van der Waals surface area (Å²) in [5, 5.41) is 10.4. The van der Waals surface area contributed by atoms with Crippen LogP contribution in [0.4, 0.5) is 0 Å². The van der Waals surface area contributed by atoms with Crippen molar-refractivity contribution < 1.29 is 9.90 Å². The molecule has 0 aliphatic carbocycles. The molecule has 0 saturated carbocycles. The van der Waals surface area contributed by atoms with Crippen molar-refractivity contribution >= 4 is 5.91 Å². The summed E-state index contributed by atoms with van der Waals surface area (Å²) in [6.07, 6.45) is 0.115. The Hall–Kier alpha value is -2.91. The summed E-state index contributed by atoms with van der Waals surface area (Å²) in [5.74, 6) is 0.0534. The van der Waals surface area contributed by atoms with Gasteiger partial charge in [0.25, 0.3) is 0 Å². The van der Waals surface area contributed by atoms with E-state index in [-0.39, 0.29) is 5.91 Å². The van der Waals surface area contributed by atoms with Crippen molar-refractivity contribution in [2.75, 3.05) is 0 Å². The van der Waals surface area contributed by atoms with E-state index in [9.17, 15) is 9.90 Å². The molecule has 27 heavy (non-hydrogen) atoms. The summed E-state index contributed by atoms with van der Waals surface area (Å²) in [5.41, 5.74) is 3.05. The second-order valence-electron chi connectivity index (χ2n) is 6.69. The van der Waals surface area contributed by atoms with Gasteiger partial charge in [-0.05, 0) is 23.1 Å². The van der Waals surface area contributed by atoms with Crippen molar-refractivity contribution in [2.45, 2.75) is 32.0 Å². The number of hydrogen-bond donors (Lipinski definition) is 1. The lowest BCUT2D eigenvalue weighted by molar-refractivity contribution is -0.133. The SMILES string of the molecule is O=C(CCC(O)c1ccccc1)N(Cc1ccccc1)Cc1ccccc1. The van der Waals surface area contributed by atoms with Crippen LogP contribution in [-0.2, 0) is 17.9 Å². The predicted octanol–water partition coefficient (Wildman–Crippen LogP) is 4.73. The van der Waals surface area contributed by atoms with Gasteiger partial charge in [-0.25, -0.2) is 0 Å². The van der Waals surface area contributed by atoms with Gasteiger partial charge in [0.05, 0.1) is 6.10 Å². The zero-order valence-electron chi connectivity index (χ0n) is 15.4. The molecule has 3 aromatic carbocycles. The number of nitrogens with zero attached hydrogens (tertiary/aromatic N) is 1. The highest BCUT2D eigenvalue weighted by Crippen LogP contribution is 2.19. The van der Waals surface area contributed by atoms with Gasteiger partial charge in [0.2, 0.25) is 5.91 Å². The largest absolute Gasteiger partial charge is 0.388 e. The van der Waals surface area contributed by atoms with Crippen LogP contribution in [0.1, 0.15) is 35.6 Å². The smallest absolute Gasteiger partial charge is 0.223 e. The number of carbonyl (C=O) groups excluding carboxylic acids is 1. The van der Waals surface area contributed by atoms with E-state index in [4.69, 9.17) is 0 Å². The maximum Gasteiger partial charge on any atom is 0.223 e. The van der Waals surface area contributed by atoms with Gasteiger partial charge in [0.1, 0.15) is 0 Å². The van der Waals surface area contributed by atoms with Gasteiger partial charge < -0.3 is 10.0 Å². The quantitative estimate of drug-likeness (QED) is 0.632. The number of rotatable bonds is 8. The van der Waals surface area contributed by atoms with E-state index in [1.54, 1.807) is 0 Å². The first-order chi connectivity index (χ1) is 13.2. The maximum atomic E-state index is 12.9. The minimum atomic E-state index is -0.620. The molecule has 3 rings (SSSR count). The van der Waals surface area contributed by atoms with Crippen LogP contribution in [0, 0.1) is 0 Å². The molecule has 1 N–H and O–H groups in total. The molecular formula is C24H25NO2. The van der Waals surface area contributed by atoms with Gasteiger partial charge in [-0.3, -0.25) is 4.79 Å². The third-order valence-electron chi connectivity index (χ3n) is 4.60. The van der Waals surface area contributed by atoms with Gasteiger partial charge in [0.15, 0.2) is 0 Å². The summed E-state index contributed by atoms with van der Waals surface area (Å²) < 4.78 is 0. The van der Waals surface area contributed by atoms with Crippen molar-refractivity contribution in [3.8, 4) is 0 Å². The first-order valence-electron chi connectivity index (χ1n) is 9.31. The molecule has 0 fully saturated rings. The first kappa shape index (κ1) is 18.9. The van der Waals surface area contributed by atoms with E-state index < -0.39 is 6.10 Å². The van der Waals surface area contributed by atoms with Crippen LogP contribution in [-0.4, -0.2) is 15.9 Å². The van der Waals surface area contributed by atoms with Crippen molar-refractivity contribution in [1.29, 1.82) is 0 Å². The lowest BCUT2D eigenvalue weighted by atomic mass is 10.0. The maximum absolute atomic E-state index is 12.9. The molecule has 3 heteroatoms. The zero-order chi connectivity index (χ0) is 18.9. The number of aliphatic hydroxyl groups is 1. The lowest BCUT2D eigenvalue weighted by Gasteiger charge is -2.24. The highest BCUT2D eigenvalue weighted by molar-refractivity contribution is 5.76. The first-order valence-corrected chi connectivity index (χ1v) is 9.31. The lowest BCUT2D eigenvalue weighted by Crippen LogP contribution is -2.30. The minimum absolute atomic E-state index is 0.0534. The second-order valence-corrected chi connectivity index (χ2v) is 6.69. The van der Waals surface area contributed by atoms with E-state index in [1.807, 2.05) is 95.9 Å². The molecule has 138 valence electrons. The Morgan fingerprint density at radius 1 is 0.741 bits per heavy atom. The number of amides is 1. The molecule has 0 aromatic heterocycles. The molecule has 1 unspecified atom stereocenters. The molecular weight excluding hydrogens is 334 g/mol. The molecule has 3 aromatic rings. The molecule has 3 nitrogen and oxygen atoms in total. The standard InChI is InChI=1S/C24H25NO2/c26-23(22-14-8-3-9-15-22)16-17-24(27)25(18-20-10-4-1-5-11-20)19-21-12-6-2-7-13-21/h1-15,23,26H,16-19H2. The molecule has 0 aliphatic heterocycles. The van der Waals surface area contributed by atoms with Crippen LogP contribution in [0.2, 0.25) is 0 Å². The fraction of sp³-hybridized carbons (Fsp3) is 0.208. The van der Waals surface area contributed by atoms with Gasteiger partial charge >= 0.3 is 0 Å². The van der Waals surface area contributed by atoms with Gasteiger partial charge in [-0.1, -0.05) is 91.0 Å². The third-order valence-corrected chi connectivity index (χ3v) is 4.60. The van der Waals surface area contributed by atoms with E-state index >= 15 is 0 Å². The van der Waals surface area contributed by atoms with Crippen LogP contribution < -0.4 is 0 Å². The van der Waals surface area contributed by atoms with E-state index in [1.165, 1.54) is 0 Å². The average Bonchev–Trinajstić information content (AvgIpc) is 2.73. The van der Waals surface area contributed by atoms with Crippen molar-refractivity contribution in [3.05, 3.63) is 108 Å². The van der Waals surface area contributed by atoms with Crippen molar-refractivity contribution in [3.63, 3.8) is 0 Å². The number of aliphatic hydroxyl groups excluding tert-OH is 1. The highest BCUT2D eigenvalue weighted by Gasteiger charge is 2.17. The molecule has 0 spiro atoms. The Morgan fingerprint density at radius 3 is 1.67 bits per heavy atom. The Labute approximate surface area is 160 Å². The number of hydrogen-bond acceptors (Lipinski definition) is 2. The van der Waals surface area contributed by atoms with Crippen LogP contribution >= 0.6 is 0 Å². The van der Waals surface area contributed by atoms with Crippen LogP contribution in [0.5, 0.6) is 0 Å². The summed E-state index contributed by atoms with van der Waals surface area (Å²) in [4.78, 5) is 14.8. The minimum Gasteiger partial charge on any atom is -0.388 e. The summed E-state index contributed by atoms with van der Waals surface area (Å²) in [6.45, 7) is 1.13. The average molecular weight is 359 g/mol. The van der Waals surface area contributed by atoms with Crippen LogP contribution in [0.3, 0.4) is 0 Å². The van der Waals surface area contributed by atoms with E-state index in [0.717, 1.165) is 16.7 Å². The second kappa shape index (κ2) is 9.70. The summed E-state index contributed by atoms with van der Waals surface area (Å²) in [6, 6.07) is 29.5. The predicted molar refractivity (Wildman–Crippen MR) is 108 cm³/mol. The zero-order valence-corrected chi connectivity index (χ0v) is 15.4. The van der Waals surface area contributed by atoms with Gasteiger partial charge in [-0.2, -0.15) is 0 Å². The van der Waals surface area contributed by atoms with E-state index in [0.29, 0.717) is 25.9 Å². The summed E-state index contributed by atoms with van der Waals surface area (Å²) >= 11 is 0. The molecule has 0 heterocycles. The topological polar surface area (TPSA) is 40.5 Å². The van der Waals surface area contributed by atoms with Crippen molar-refractivity contribution in [1.82, 2.24) is 4.90 Å². The molecule has 0 saturated heterocycles. The highest BCUT2D eigenvalue weighted by atomic mass is 16.3. The third kappa shape index (κ3) is 5.80. The van der Waals surface area contributed by atoms with Crippen LogP contribution in [0.15, 0.2) is 91.0 Å². The normalized spacial score (nSPS) is 11.7.